The molecule has 3 aromatic rings. The largest absolute Gasteiger partial charge is 0.504 e. The molecule has 134 valence electrons. The van der Waals surface area contributed by atoms with Crippen LogP contribution in [0, 0.1) is 21.4 Å². The van der Waals surface area contributed by atoms with Crippen molar-refractivity contribution in [1.29, 1.82) is 5.26 Å². The maximum Gasteiger partial charge on any atom is 0.269 e. The first-order chi connectivity index (χ1) is 13.0. The summed E-state index contributed by atoms with van der Waals surface area (Å²) in [5.74, 6) is 0.328. The summed E-state index contributed by atoms with van der Waals surface area (Å²) in [6.07, 6.45) is 1.65. The lowest BCUT2D eigenvalue weighted by molar-refractivity contribution is -0.384. The number of thiazole rings is 1. The summed E-state index contributed by atoms with van der Waals surface area (Å²) < 4.78 is 5.07. The average molecular weight is 379 g/mol. The lowest BCUT2D eigenvalue weighted by Crippen LogP contribution is -1.88. The van der Waals surface area contributed by atoms with Gasteiger partial charge in [-0.15, -0.1) is 11.3 Å². The number of nitro benzene ring substituents is 1. The van der Waals surface area contributed by atoms with Gasteiger partial charge in [-0.1, -0.05) is 6.07 Å². The average Bonchev–Trinajstić information content (AvgIpc) is 3.17. The number of allylic oxidation sites excluding steroid dienone is 1. The second-order valence-electron chi connectivity index (χ2n) is 5.44. The van der Waals surface area contributed by atoms with Crippen molar-refractivity contribution in [3.8, 4) is 28.8 Å². The lowest BCUT2D eigenvalue weighted by Gasteiger charge is -2.04. The highest BCUT2D eigenvalue weighted by molar-refractivity contribution is 7.11. The monoisotopic (exact) mass is 379 g/mol. The van der Waals surface area contributed by atoms with Gasteiger partial charge in [0.15, 0.2) is 11.5 Å². The summed E-state index contributed by atoms with van der Waals surface area (Å²) in [5.41, 5.74) is 2.42. The third-order valence-electron chi connectivity index (χ3n) is 3.74. The van der Waals surface area contributed by atoms with E-state index in [-0.39, 0.29) is 11.4 Å². The molecule has 0 saturated carbocycles. The SMILES string of the molecule is COc1cc(/C=C(/C#N)c2nc(-c3ccc([N+](=O)[O-])cc3)cs2)ccc1O. The normalized spacial score (nSPS) is 11.0. The number of nitrogens with zero attached hydrogens (tertiary/aromatic N) is 3. The van der Waals surface area contributed by atoms with E-state index in [1.165, 1.54) is 36.6 Å². The molecule has 1 aromatic heterocycles. The molecule has 0 atom stereocenters. The van der Waals surface area contributed by atoms with E-state index in [2.05, 4.69) is 11.1 Å². The summed E-state index contributed by atoms with van der Waals surface area (Å²) in [6.45, 7) is 0. The number of aromatic nitrogens is 1. The molecule has 1 N–H and O–H groups in total. The van der Waals surface area contributed by atoms with Crippen LogP contribution in [0.5, 0.6) is 11.5 Å². The molecule has 27 heavy (non-hydrogen) atoms. The topological polar surface area (TPSA) is 109 Å². The number of hydrogen-bond donors (Lipinski definition) is 1. The van der Waals surface area contributed by atoms with Gasteiger partial charge in [0.1, 0.15) is 11.1 Å². The maximum absolute atomic E-state index is 10.7. The second-order valence-corrected chi connectivity index (χ2v) is 6.30. The van der Waals surface area contributed by atoms with Crippen LogP contribution in [0.3, 0.4) is 0 Å². The molecule has 0 aliphatic carbocycles. The number of aromatic hydroxyl groups is 1. The lowest BCUT2D eigenvalue weighted by atomic mass is 10.1. The van der Waals surface area contributed by atoms with Crippen LogP contribution in [0.4, 0.5) is 5.69 Å². The van der Waals surface area contributed by atoms with Crippen LogP contribution in [0.15, 0.2) is 47.8 Å². The number of phenols is 1. The molecule has 0 amide bonds. The van der Waals surface area contributed by atoms with E-state index in [1.807, 2.05) is 0 Å². The van der Waals surface area contributed by atoms with Crippen LogP contribution >= 0.6 is 11.3 Å². The highest BCUT2D eigenvalue weighted by Crippen LogP contribution is 2.31. The first kappa shape index (κ1) is 18.1. The molecule has 3 rings (SSSR count). The van der Waals surface area contributed by atoms with Crippen LogP contribution in [0.2, 0.25) is 0 Å². The number of nitro groups is 1. The zero-order chi connectivity index (χ0) is 19.4. The molecule has 0 bridgehead atoms. The smallest absolute Gasteiger partial charge is 0.269 e. The molecular formula is C19H13N3O4S. The minimum Gasteiger partial charge on any atom is -0.504 e. The van der Waals surface area contributed by atoms with E-state index >= 15 is 0 Å². The Hall–Kier alpha value is -3.70. The van der Waals surface area contributed by atoms with Gasteiger partial charge in [0.05, 0.1) is 23.3 Å². The van der Waals surface area contributed by atoms with Crippen molar-refractivity contribution in [3.63, 3.8) is 0 Å². The molecule has 2 aromatic carbocycles. The van der Waals surface area contributed by atoms with Gasteiger partial charge in [0.2, 0.25) is 0 Å². The zero-order valence-corrected chi connectivity index (χ0v) is 14.9. The van der Waals surface area contributed by atoms with E-state index in [1.54, 1.807) is 35.7 Å². The van der Waals surface area contributed by atoms with Crippen LogP contribution in [-0.2, 0) is 0 Å². The number of ether oxygens (including phenoxy) is 1. The molecule has 0 unspecified atom stereocenters. The van der Waals surface area contributed by atoms with Crippen molar-refractivity contribution in [2.24, 2.45) is 0 Å². The third-order valence-corrected chi connectivity index (χ3v) is 4.62. The number of benzene rings is 2. The molecule has 0 aliphatic heterocycles. The van der Waals surface area contributed by atoms with Gasteiger partial charge in [-0.25, -0.2) is 4.98 Å². The maximum atomic E-state index is 10.7. The summed E-state index contributed by atoms with van der Waals surface area (Å²) in [4.78, 5) is 14.7. The molecule has 0 radical (unpaired) electrons. The van der Waals surface area contributed by atoms with Gasteiger partial charge in [-0.05, 0) is 35.9 Å². The first-order valence-electron chi connectivity index (χ1n) is 7.71. The summed E-state index contributed by atoms with van der Waals surface area (Å²) in [6, 6.07) is 13.0. The fourth-order valence-electron chi connectivity index (χ4n) is 2.38. The van der Waals surface area contributed by atoms with Crippen LogP contribution in [0.1, 0.15) is 10.6 Å². The van der Waals surface area contributed by atoms with E-state index in [9.17, 15) is 20.5 Å². The van der Waals surface area contributed by atoms with E-state index < -0.39 is 4.92 Å². The van der Waals surface area contributed by atoms with Gasteiger partial charge in [-0.3, -0.25) is 10.1 Å². The van der Waals surface area contributed by atoms with Crippen molar-refractivity contribution < 1.29 is 14.8 Å². The highest BCUT2D eigenvalue weighted by Gasteiger charge is 2.11. The molecule has 8 heteroatoms. The van der Waals surface area contributed by atoms with E-state index in [0.717, 1.165) is 5.56 Å². The van der Waals surface area contributed by atoms with Crippen molar-refractivity contribution in [2.75, 3.05) is 7.11 Å². The predicted octanol–water partition coefficient (Wildman–Crippen LogP) is 4.50. The molecule has 7 nitrogen and oxygen atoms in total. The van der Waals surface area contributed by atoms with Gasteiger partial charge in [0, 0.05) is 23.1 Å². The highest BCUT2D eigenvalue weighted by atomic mass is 32.1. The van der Waals surface area contributed by atoms with Crippen LogP contribution < -0.4 is 4.74 Å². The number of rotatable bonds is 5. The molecular weight excluding hydrogens is 366 g/mol. The quantitative estimate of drug-likeness (QED) is 0.397. The third kappa shape index (κ3) is 3.94. The molecule has 0 saturated heterocycles. The van der Waals surface area contributed by atoms with Crippen molar-refractivity contribution in [1.82, 2.24) is 4.98 Å². The Balaban J connectivity index is 1.91. The van der Waals surface area contributed by atoms with Crippen molar-refractivity contribution in [2.45, 2.75) is 0 Å². The van der Waals surface area contributed by atoms with Crippen molar-refractivity contribution in [3.05, 3.63) is 68.5 Å². The first-order valence-corrected chi connectivity index (χ1v) is 8.59. The van der Waals surface area contributed by atoms with E-state index in [0.29, 0.717) is 27.6 Å². The Morgan fingerprint density at radius 1 is 1.33 bits per heavy atom. The number of non-ortho nitro benzene ring substituents is 1. The Morgan fingerprint density at radius 2 is 2.07 bits per heavy atom. The summed E-state index contributed by atoms with van der Waals surface area (Å²) in [5, 5.41) is 32.2. The number of phenolic OH excluding ortho intramolecular Hbond substituents is 1. The zero-order valence-electron chi connectivity index (χ0n) is 14.1. The van der Waals surface area contributed by atoms with E-state index in [4.69, 9.17) is 4.74 Å². The van der Waals surface area contributed by atoms with Gasteiger partial charge in [-0.2, -0.15) is 5.26 Å². The molecule has 0 aliphatic rings. The Kier molecular flexibility index (Phi) is 5.15. The summed E-state index contributed by atoms with van der Waals surface area (Å²) >= 11 is 1.30. The van der Waals surface area contributed by atoms with Gasteiger partial charge in [0.25, 0.3) is 5.69 Å². The second kappa shape index (κ2) is 7.68. The molecule has 0 fully saturated rings. The minimum atomic E-state index is -0.460. The molecule has 1 heterocycles. The van der Waals surface area contributed by atoms with Gasteiger partial charge >= 0.3 is 0 Å². The van der Waals surface area contributed by atoms with Crippen LogP contribution in [0.25, 0.3) is 22.9 Å². The fraction of sp³-hybridized carbons (Fsp3) is 0.0526. The number of methoxy groups -OCH3 is 1. The van der Waals surface area contributed by atoms with Crippen molar-refractivity contribution >= 4 is 28.7 Å². The Morgan fingerprint density at radius 3 is 2.70 bits per heavy atom. The standard InChI is InChI=1S/C19H13N3O4S/c1-26-18-9-12(2-7-17(18)23)8-14(10-20)19-21-16(11-27-19)13-3-5-15(6-4-13)22(24)25/h2-9,11,23H,1H3/b14-8-. The minimum absolute atomic E-state index is 0.00749. The van der Waals surface area contributed by atoms with Crippen LogP contribution in [-0.4, -0.2) is 22.1 Å². The summed E-state index contributed by atoms with van der Waals surface area (Å²) in [7, 11) is 1.45. The Bertz CT molecular complexity index is 1070. The fourth-order valence-corrected chi connectivity index (χ4v) is 3.17. The Labute approximate surface area is 158 Å². The molecule has 0 spiro atoms. The number of nitriles is 1. The van der Waals surface area contributed by atoms with Gasteiger partial charge < -0.3 is 9.84 Å². The predicted molar refractivity (Wildman–Crippen MR) is 102 cm³/mol. The number of hydrogen-bond acceptors (Lipinski definition) is 7.